The average Bonchev–Trinajstić information content (AvgIpc) is 3.07. The molecule has 0 saturated carbocycles. The van der Waals surface area contributed by atoms with E-state index in [9.17, 15) is 9.59 Å². The number of carbonyl (C=O) groups excluding carboxylic acids is 2. The monoisotopic (exact) mass is 340 g/mol. The third kappa shape index (κ3) is 4.07. The van der Waals surface area contributed by atoms with E-state index in [1.165, 1.54) is 0 Å². The number of carbonyl (C=O) groups is 2. The number of fused-ring (bicyclic) bond motifs is 1. The minimum Gasteiger partial charge on any atom is -0.383 e. The van der Waals surface area contributed by atoms with E-state index in [4.69, 9.17) is 4.74 Å². The first-order valence-corrected chi connectivity index (χ1v) is 7.96. The van der Waals surface area contributed by atoms with Crippen LogP contribution in [0.3, 0.4) is 0 Å². The number of ether oxygens (including phenoxy) is 1. The second-order valence-corrected chi connectivity index (χ2v) is 5.64. The number of rotatable bonds is 5. The number of benzene rings is 1. The number of amides is 3. The van der Waals surface area contributed by atoms with Crippen molar-refractivity contribution >= 4 is 17.6 Å². The first-order chi connectivity index (χ1) is 12.2. The Hall–Kier alpha value is -3.06. The molecule has 3 N–H and O–H groups in total. The average molecular weight is 340 g/mol. The Morgan fingerprint density at radius 2 is 2.08 bits per heavy atom. The second kappa shape index (κ2) is 7.67. The molecule has 7 nitrogen and oxygen atoms in total. The predicted octanol–water partition coefficient (Wildman–Crippen LogP) is 1.79. The van der Waals surface area contributed by atoms with Gasteiger partial charge in [0.15, 0.2) is 0 Å². The number of urea groups is 1. The third-order valence-corrected chi connectivity index (χ3v) is 3.87. The van der Waals surface area contributed by atoms with Crippen molar-refractivity contribution in [3.8, 4) is 0 Å². The van der Waals surface area contributed by atoms with Gasteiger partial charge in [-0.2, -0.15) is 0 Å². The smallest absolute Gasteiger partial charge is 0.326 e. The van der Waals surface area contributed by atoms with E-state index in [0.29, 0.717) is 30.9 Å². The molecule has 0 spiro atoms. The number of nitrogens with one attached hydrogen (secondary N) is 3. The van der Waals surface area contributed by atoms with Gasteiger partial charge >= 0.3 is 6.03 Å². The Morgan fingerprint density at radius 3 is 2.80 bits per heavy atom. The predicted molar refractivity (Wildman–Crippen MR) is 94.8 cm³/mol. The highest BCUT2D eigenvalue weighted by Crippen LogP contribution is 2.24. The summed E-state index contributed by atoms with van der Waals surface area (Å²) in [7, 11) is 1.58. The summed E-state index contributed by atoms with van der Waals surface area (Å²) in [6.45, 7) is 1.45. The molecule has 0 aliphatic carbocycles. The van der Waals surface area contributed by atoms with Gasteiger partial charge in [0.25, 0.3) is 5.91 Å². The quantitative estimate of drug-likeness (QED) is 0.714. The molecular formula is C18H20N4O3. The maximum atomic E-state index is 12.4. The van der Waals surface area contributed by atoms with Gasteiger partial charge in [0.1, 0.15) is 0 Å². The molecule has 2 aliphatic heterocycles. The van der Waals surface area contributed by atoms with Crippen molar-refractivity contribution in [3.05, 3.63) is 65.7 Å². The SMILES string of the molecule is COCCNC(=O)c1ccc(NC(=O)N2C=C3C=CNC=C3C2)cc1. The summed E-state index contributed by atoms with van der Waals surface area (Å²) in [5.41, 5.74) is 3.26. The van der Waals surface area contributed by atoms with E-state index < -0.39 is 0 Å². The lowest BCUT2D eigenvalue weighted by Gasteiger charge is -2.15. The fourth-order valence-corrected chi connectivity index (χ4v) is 2.54. The summed E-state index contributed by atoms with van der Waals surface area (Å²) in [4.78, 5) is 25.9. The molecule has 3 amide bonds. The first kappa shape index (κ1) is 16.8. The van der Waals surface area contributed by atoms with E-state index in [1.807, 2.05) is 24.7 Å². The van der Waals surface area contributed by atoms with Crippen LogP contribution in [0.1, 0.15) is 10.4 Å². The zero-order valence-electron chi connectivity index (χ0n) is 13.9. The summed E-state index contributed by atoms with van der Waals surface area (Å²) in [5, 5.41) is 8.59. The van der Waals surface area contributed by atoms with Crippen molar-refractivity contribution in [2.45, 2.75) is 0 Å². The lowest BCUT2D eigenvalue weighted by atomic mass is 10.1. The van der Waals surface area contributed by atoms with Crippen molar-refractivity contribution < 1.29 is 14.3 Å². The molecule has 0 fully saturated rings. The van der Waals surface area contributed by atoms with Crippen molar-refractivity contribution in [3.63, 3.8) is 0 Å². The third-order valence-electron chi connectivity index (χ3n) is 3.87. The fraction of sp³-hybridized carbons (Fsp3) is 0.222. The molecule has 2 aliphatic rings. The van der Waals surface area contributed by atoms with Gasteiger partial charge in [0.05, 0.1) is 13.2 Å². The molecule has 25 heavy (non-hydrogen) atoms. The molecule has 0 atom stereocenters. The first-order valence-electron chi connectivity index (χ1n) is 7.96. The maximum Gasteiger partial charge on any atom is 0.326 e. The van der Waals surface area contributed by atoms with Crippen LogP contribution in [0.4, 0.5) is 10.5 Å². The van der Waals surface area contributed by atoms with Crippen molar-refractivity contribution in [2.24, 2.45) is 0 Å². The van der Waals surface area contributed by atoms with Gasteiger partial charge in [-0.25, -0.2) is 4.79 Å². The van der Waals surface area contributed by atoms with Crippen LogP contribution in [-0.4, -0.2) is 43.6 Å². The van der Waals surface area contributed by atoms with Crippen LogP contribution in [0, 0.1) is 0 Å². The molecular weight excluding hydrogens is 320 g/mol. The lowest BCUT2D eigenvalue weighted by molar-refractivity contribution is 0.0937. The standard InChI is InChI=1S/C18H20N4O3/c1-25-9-8-20-17(23)13-2-4-16(5-3-13)21-18(24)22-11-14-6-7-19-10-15(14)12-22/h2-7,10-11,19H,8-9,12H2,1H3,(H,20,23)(H,21,24). The highest BCUT2D eigenvalue weighted by Gasteiger charge is 2.22. The molecule has 0 unspecified atom stereocenters. The van der Waals surface area contributed by atoms with Crippen LogP contribution >= 0.6 is 0 Å². The molecule has 7 heteroatoms. The maximum absolute atomic E-state index is 12.4. The highest BCUT2D eigenvalue weighted by molar-refractivity contribution is 5.95. The van der Waals surface area contributed by atoms with Crippen LogP contribution < -0.4 is 16.0 Å². The number of anilines is 1. The Labute approximate surface area is 146 Å². The number of allylic oxidation sites excluding steroid dienone is 1. The van der Waals surface area contributed by atoms with Gasteiger partial charge < -0.3 is 20.7 Å². The van der Waals surface area contributed by atoms with Gasteiger partial charge in [-0.15, -0.1) is 0 Å². The highest BCUT2D eigenvalue weighted by atomic mass is 16.5. The van der Waals surface area contributed by atoms with Crippen LogP contribution in [0.2, 0.25) is 0 Å². The Kier molecular flexibility index (Phi) is 5.15. The molecule has 1 aromatic rings. The van der Waals surface area contributed by atoms with E-state index in [-0.39, 0.29) is 11.9 Å². The van der Waals surface area contributed by atoms with Crippen LogP contribution in [-0.2, 0) is 4.74 Å². The fourth-order valence-electron chi connectivity index (χ4n) is 2.54. The molecule has 0 radical (unpaired) electrons. The van der Waals surface area contributed by atoms with E-state index >= 15 is 0 Å². The zero-order valence-corrected chi connectivity index (χ0v) is 13.9. The zero-order chi connectivity index (χ0) is 17.6. The van der Waals surface area contributed by atoms with E-state index in [2.05, 4.69) is 16.0 Å². The van der Waals surface area contributed by atoms with Gasteiger partial charge in [-0.05, 0) is 41.5 Å². The molecule has 0 aromatic heterocycles. The molecule has 3 rings (SSSR count). The summed E-state index contributed by atoms with van der Waals surface area (Å²) >= 11 is 0. The number of methoxy groups -OCH3 is 1. The molecule has 130 valence electrons. The van der Waals surface area contributed by atoms with Crippen molar-refractivity contribution in [2.75, 3.05) is 32.1 Å². The van der Waals surface area contributed by atoms with Crippen molar-refractivity contribution in [1.29, 1.82) is 0 Å². The van der Waals surface area contributed by atoms with Gasteiger partial charge in [-0.1, -0.05) is 0 Å². The van der Waals surface area contributed by atoms with Gasteiger partial charge in [-0.3, -0.25) is 9.69 Å². The largest absolute Gasteiger partial charge is 0.383 e. The number of nitrogens with zero attached hydrogens (tertiary/aromatic N) is 1. The Morgan fingerprint density at radius 1 is 1.28 bits per heavy atom. The molecule has 0 bridgehead atoms. The molecule has 2 heterocycles. The minimum absolute atomic E-state index is 0.172. The molecule has 1 aromatic carbocycles. The lowest BCUT2D eigenvalue weighted by Crippen LogP contribution is -2.29. The summed E-state index contributed by atoms with van der Waals surface area (Å²) in [5.74, 6) is -0.172. The number of dihydropyridines is 1. The minimum atomic E-state index is -0.214. The second-order valence-electron chi connectivity index (χ2n) is 5.64. The Balaban J connectivity index is 1.56. The van der Waals surface area contributed by atoms with Gasteiger partial charge in [0, 0.05) is 43.5 Å². The summed E-state index contributed by atoms with van der Waals surface area (Å²) < 4.78 is 4.89. The van der Waals surface area contributed by atoms with Gasteiger partial charge in [0.2, 0.25) is 0 Å². The number of hydrogen-bond acceptors (Lipinski definition) is 4. The molecule has 0 saturated heterocycles. The van der Waals surface area contributed by atoms with E-state index in [1.54, 1.807) is 36.3 Å². The summed E-state index contributed by atoms with van der Waals surface area (Å²) in [6, 6.07) is 6.55. The van der Waals surface area contributed by atoms with Crippen LogP contribution in [0.25, 0.3) is 0 Å². The Bertz CT molecular complexity index is 750. The normalized spacial score (nSPS) is 15.0. The van der Waals surface area contributed by atoms with Crippen molar-refractivity contribution in [1.82, 2.24) is 15.5 Å². The van der Waals surface area contributed by atoms with E-state index in [0.717, 1.165) is 11.1 Å². The topological polar surface area (TPSA) is 82.7 Å². The van der Waals surface area contributed by atoms with Crippen LogP contribution in [0.15, 0.2) is 60.1 Å². The van der Waals surface area contributed by atoms with Crippen LogP contribution in [0.5, 0.6) is 0 Å². The summed E-state index contributed by atoms with van der Waals surface area (Å²) in [6.07, 6.45) is 7.46. The number of hydrogen-bond donors (Lipinski definition) is 3.